The Morgan fingerprint density at radius 3 is 2.51 bits per heavy atom. The second kappa shape index (κ2) is 12.2. The van der Waals surface area contributed by atoms with Crippen molar-refractivity contribution in [2.75, 3.05) is 25.5 Å². The van der Waals surface area contributed by atoms with Gasteiger partial charge in [-0.25, -0.2) is 19.9 Å². The molecule has 0 aliphatic carbocycles. The smallest absolute Gasteiger partial charge is 0.271 e. The second-order valence-corrected chi connectivity index (χ2v) is 10.5. The summed E-state index contributed by atoms with van der Waals surface area (Å²) in [5.41, 5.74) is 11.1. The van der Waals surface area contributed by atoms with Crippen molar-refractivity contribution in [2.24, 2.45) is 5.73 Å². The van der Waals surface area contributed by atoms with Crippen LogP contribution in [0.25, 0.3) is 33.3 Å². The van der Waals surface area contributed by atoms with E-state index < -0.39 is 5.91 Å². The standard InChI is InChI=1S/C33H30N8O2/c1-43-32-30-24(19-37-31(32)33(35)42)17-26(22-5-3-2-4-6-22)29(40-30)23-9-7-21(8-10-23)20-41-15-12-25(13-16-41)38-27-11-14-36-28(18-34)39-27/h2-11,14,17,19,25H,12-13,15-16,20H2,1H3,(H2,35,42)(H,36,38,39). The highest BCUT2D eigenvalue weighted by Gasteiger charge is 2.21. The summed E-state index contributed by atoms with van der Waals surface area (Å²) in [6.07, 6.45) is 5.18. The van der Waals surface area contributed by atoms with E-state index in [1.54, 1.807) is 18.5 Å². The van der Waals surface area contributed by atoms with Gasteiger partial charge >= 0.3 is 0 Å². The van der Waals surface area contributed by atoms with Gasteiger partial charge < -0.3 is 15.8 Å². The van der Waals surface area contributed by atoms with Gasteiger partial charge in [-0.2, -0.15) is 5.26 Å². The third kappa shape index (κ3) is 5.98. The predicted octanol–water partition coefficient (Wildman–Crippen LogP) is 4.81. The minimum atomic E-state index is -0.666. The number of anilines is 1. The average Bonchev–Trinajstić information content (AvgIpc) is 3.05. The van der Waals surface area contributed by atoms with E-state index in [0.717, 1.165) is 60.2 Å². The van der Waals surface area contributed by atoms with Crippen LogP contribution in [0.2, 0.25) is 0 Å². The van der Waals surface area contributed by atoms with Crippen LogP contribution >= 0.6 is 0 Å². The fraction of sp³-hybridized carbons (Fsp3) is 0.212. The molecule has 10 heteroatoms. The van der Waals surface area contributed by atoms with Crippen molar-refractivity contribution in [2.45, 2.75) is 25.4 Å². The van der Waals surface area contributed by atoms with E-state index in [1.807, 2.05) is 30.3 Å². The number of nitrogens with zero attached hydrogens (tertiary/aromatic N) is 6. The van der Waals surface area contributed by atoms with Crippen molar-refractivity contribution in [3.05, 3.63) is 96.2 Å². The largest absolute Gasteiger partial charge is 0.492 e. The Labute approximate surface area is 249 Å². The Morgan fingerprint density at radius 1 is 1.05 bits per heavy atom. The molecule has 4 heterocycles. The fourth-order valence-electron chi connectivity index (χ4n) is 5.50. The van der Waals surface area contributed by atoms with Crippen LogP contribution in [0.15, 0.2) is 79.1 Å². The Balaban J connectivity index is 1.22. The van der Waals surface area contributed by atoms with Gasteiger partial charge in [0.15, 0.2) is 11.4 Å². The molecule has 5 aromatic rings. The van der Waals surface area contributed by atoms with Gasteiger partial charge in [0.1, 0.15) is 17.4 Å². The number of hydrogen-bond acceptors (Lipinski definition) is 9. The number of hydrogen-bond donors (Lipinski definition) is 2. The maximum absolute atomic E-state index is 12.0. The molecule has 0 unspecified atom stereocenters. The van der Waals surface area contributed by atoms with Crippen molar-refractivity contribution in [3.8, 4) is 34.2 Å². The lowest BCUT2D eigenvalue weighted by Crippen LogP contribution is -2.38. The van der Waals surface area contributed by atoms with Gasteiger partial charge in [-0.1, -0.05) is 54.6 Å². The lowest BCUT2D eigenvalue weighted by molar-refractivity contribution is 0.0992. The number of aromatic nitrogens is 4. The summed E-state index contributed by atoms with van der Waals surface area (Å²) < 4.78 is 5.56. The van der Waals surface area contributed by atoms with E-state index in [2.05, 4.69) is 61.6 Å². The number of nitrogens with one attached hydrogen (secondary N) is 1. The van der Waals surface area contributed by atoms with Crippen LogP contribution in [0, 0.1) is 11.3 Å². The van der Waals surface area contributed by atoms with Crippen molar-refractivity contribution >= 4 is 22.6 Å². The predicted molar refractivity (Wildman–Crippen MR) is 164 cm³/mol. The van der Waals surface area contributed by atoms with Crippen LogP contribution < -0.4 is 15.8 Å². The minimum absolute atomic E-state index is 0.0548. The van der Waals surface area contributed by atoms with Crippen molar-refractivity contribution in [3.63, 3.8) is 0 Å². The first-order valence-corrected chi connectivity index (χ1v) is 14.1. The number of nitriles is 1. The van der Waals surface area contributed by atoms with Gasteiger partial charge in [0.2, 0.25) is 5.82 Å². The van der Waals surface area contributed by atoms with Crippen LogP contribution in [0.1, 0.15) is 34.7 Å². The molecule has 214 valence electrons. The molecule has 1 saturated heterocycles. The summed E-state index contributed by atoms with van der Waals surface area (Å²) in [5.74, 6) is 0.468. The number of ether oxygens (including phenoxy) is 1. The Morgan fingerprint density at radius 2 is 1.81 bits per heavy atom. The number of nitrogens with two attached hydrogens (primary N) is 1. The zero-order valence-corrected chi connectivity index (χ0v) is 23.7. The van der Waals surface area contributed by atoms with Gasteiger partial charge in [0.05, 0.1) is 12.8 Å². The van der Waals surface area contributed by atoms with Gasteiger partial charge in [-0.3, -0.25) is 9.69 Å². The van der Waals surface area contributed by atoms with Crippen molar-refractivity contribution in [1.82, 2.24) is 24.8 Å². The molecule has 6 rings (SSSR count). The highest BCUT2D eigenvalue weighted by molar-refractivity contribution is 6.01. The molecule has 3 aromatic heterocycles. The highest BCUT2D eigenvalue weighted by Crippen LogP contribution is 2.36. The van der Waals surface area contributed by atoms with Gasteiger partial charge in [0, 0.05) is 54.6 Å². The summed E-state index contributed by atoms with van der Waals surface area (Å²) in [7, 11) is 1.49. The van der Waals surface area contributed by atoms with Crippen molar-refractivity contribution < 1.29 is 9.53 Å². The number of fused-ring (bicyclic) bond motifs is 1. The summed E-state index contributed by atoms with van der Waals surface area (Å²) in [5, 5.41) is 13.2. The first-order valence-electron chi connectivity index (χ1n) is 14.1. The molecule has 0 radical (unpaired) electrons. The van der Waals surface area contributed by atoms with Crippen molar-refractivity contribution in [1.29, 1.82) is 5.26 Å². The molecule has 0 spiro atoms. The monoisotopic (exact) mass is 570 g/mol. The minimum Gasteiger partial charge on any atom is -0.492 e. The summed E-state index contributed by atoms with van der Waals surface area (Å²) in [6, 6.07) is 24.7. The maximum Gasteiger partial charge on any atom is 0.271 e. The van der Waals surface area contributed by atoms with Crippen LogP contribution in [0.5, 0.6) is 5.75 Å². The summed E-state index contributed by atoms with van der Waals surface area (Å²) in [4.78, 5) is 31.9. The number of methoxy groups -OCH3 is 1. The van der Waals surface area contributed by atoms with Crippen LogP contribution in [-0.4, -0.2) is 57.0 Å². The number of carbonyl (C=O) groups is 1. The summed E-state index contributed by atoms with van der Waals surface area (Å²) >= 11 is 0. The van der Waals surface area contributed by atoms with Gasteiger partial charge in [0.25, 0.3) is 5.91 Å². The Bertz CT molecular complexity index is 1810. The van der Waals surface area contributed by atoms with E-state index in [4.69, 9.17) is 20.7 Å². The molecule has 1 aliphatic heterocycles. The third-order valence-corrected chi connectivity index (χ3v) is 7.67. The quantitative estimate of drug-likeness (QED) is 0.269. The molecule has 0 saturated carbocycles. The SMILES string of the molecule is COc1c(C(N)=O)ncc2cc(-c3ccccc3)c(-c3ccc(CN4CCC(Nc5ccnc(C#N)n5)CC4)cc3)nc12. The molecular weight excluding hydrogens is 540 g/mol. The number of piperidine rings is 1. The number of likely N-dealkylation sites (tertiary alicyclic amines) is 1. The number of benzene rings is 2. The number of amides is 1. The van der Waals surface area contributed by atoms with Crippen LogP contribution in [0.4, 0.5) is 5.82 Å². The Kier molecular flexibility index (Phi) is 7.89. The van der Waals surface area contributed by atoms with E-state index in [9.17, 15) is 4.79 Å². The highest BCUT2D eigenvalue weighted by atomic mass is 16.5. The molecule has 1 aliphatic rings. The zero-order chi connectivity index (χ0) is 29.8. The molecule has 3 N–H and O–H groups in total. The van der Waals surface area contributed by atoms with Crippen LogP contribution in [0.3, 0.4) is 0 Å². The molecule has 43 heavy (non-hydrogen) atoms. The molecule has 0 bridgehead atoms. The molecule has 0 atom stereocenters. The first kappa shape index (κ1) is 27.8. The molecule has 1 fully saturated rings. The molecule has 2 aromatic carbocycles. The fourth-order valence-corrected chi connectivity index (χ4v) is 5.50. The lowest BCUT2D eigenvalue weighted by Gasteiger charge is -2.32. The number of primary amides is 1. The van der Waals surface area contributed by atoms with Crippen LogP contribution in [-0.2, 0) is 6.54 Å². The molecule has 1 amide bonds. The zero-order valence-electron chi connectivity index (χ0n) is 23.7. The maximum atomic E-state index is 12.0. The van der Waals surface area contributed by atoms with E-state index >= 15 is 0 Å². The molecule has 10 nitrogen and oxygen atoms in total. The van der Waals surface area contributed by atoms with Gasteiger partial charge in [-0.15, -0.1) is 0 Å². The topological polar surface area (TPSA) is 143 Å². The summed E-state index contributed by atoms with van der Waals surface area (Å²) in [6.45, 7) is 2.75. The number of pyridine rings is 2. The number of rotatable bonds is 8. The van der Waals surface area contributed by atoms with Gasteiger partial charge in [-0.05, 0) is 36.1 Å². The van der Waals surface area contributed by atoms with E-state index in [-0.39, 0.29) is 17.3 Å². The lowest BCUT2D eigenvalue weighted by atomic mass is 9.96. The second-order valence-electron chi connectivity index (χ2n) is 10.5. The number of carbonyl (C=O) groups excluding carboxylic acids is 1. The average molecular weight is 571 g/mol. The van der Waals surface area contributed by atoms with E-state index in [0.29, 0.717) is 17.4 Å². The third-order valence-electron chi connectivity index (χ3n) is 7.67. The Hall–Kier alpha value is -5.40. The molecular formula is C33H30N8O2. The normalized spacial score (nSPS) is 13.9. The first-order chi connectivity index (χ1) is 21.0. The van der Waals surface area contributed by atoms with E-state index in [1.165, 1.54) is 12.7 Å².